The molecule has 0 saturated carbocycles. The number of hydrogen-bond acceptors (Lipinski definition) is 7. The average molecular weight is 367 g/mol. The first-order chi connectivity index (χ1) is 12.1. The molecule has 0 spiro atoms. The van der Waals surface area contributed by atoms with E-state index in [-0.39, 0.29) is 5.17 Å². The topological polar surface area (TPSA) is 78.4 Å². The van der Waals surface area contributed by atoms with Crippen LogP contribution in [-0.2, 0) is 9.47 Å². The maximum absolute atomic E-state index is 14.5. The van der Waals surface area contributed by atoms with Crippen molar-refractivity contribution in [1.29, 1.82) is 0 Å². The lowest BCUT2D eigenvalue weighted by Gasteiger charge is -2.24. The summed E-state index contributed by atoms with van der Waals surface area (Å²) >= 11 is 4.88. The standard InChI is InChI=1S/C15H18FN5O3S/c1-23-14(25)17-7-11-8-21(15(22)24-11)10-2-3-13(12(16)6-10)20-5-4-18-19-9-20/h2-3,6,9,11,18H,4-5,7-8H2,1H3,(H,17,25). The van der Waals surface area contributed by atoms with Gasteiger partial charge in [-0.3, -0.25) is 4.90 Å². The lowest BCUT2D eigenvalue weighted by atomic mass is 10.2. The summed E-state index contributed by atoms with van der Waals surface area (Å²) < 4.78 is 24.6. The molecule has 1 amide bonds. The minimum absolute atomic E-state index is 0.225. The van der Waals surface area contributed by atoms with Gasteiger partial charge >= 0.3 is 6.09 Å². The first-order valence-corrected chi connectivity index (χ1v) is 8.11. The van der Waals surface area contributed by atoms with Gasteiger partial charge in [0.25, 0.3) is 5.17 Å². The van der Waals surface area contributed by atoms with Gasteiger partial charge in [0.15, 0.2) is 0 Å². The molecule has 25 heavy (non-hydrogen) atoms. The van der Waals surface area contributed by atoms with Crippen LogP contribution < -0.4 is 20.5 Å². The molecule has 2 N–H and O–H groups in total. The number of cyclic esters (lactones) is 1. The summed E-state index contributed by atoms with van der Waals surface area (Å²) in [6.45, 7) is 1.87. The van der Waals surface area contributed by atoms with Crippen molar-refractivity contribution in [2.45, 2.75) is 6.10 Å². The van der Waals surface area contributed by atoms with Crippen molar-refractivity contribution in [3.8, 4) is 0 Å². The Morgan fingerprint density at radius 3 is 3.12 bits per heavy atom. The van der Waals surface area contributed by atoms with Gasteiger partial charge in [0.2, 0.25) is 0 Å². The monoisotopic (exact) mass is 367 g/mol. The van der Waals surface area contributed by atoms with Gasteiger partial charge in [0.05, 0.1) is 38.1 Å². The quantitative estimate of drug-likeness (QED) is 0.770. The van der Waals surface area contributed by atoms with Crippen LogP contribution in [-0.4, -0.2) is 57.0 Å². The molecule has 2 heterocycles. The van der Waals surface area contributed by atoms with E-state index in [2.05, 4.69) is 15.8 Å². The average Bonchev–Trinajstić information content (AvgIpc) is 3.01. The molecule has 0 bridgehead atoms. The highest BCUT2D eigenvalue weighted by atomic mass is 32.1. The van der Waals surface area contributed by atoms with E-state index >= 15 is 0 Å². The number of amides is 1. The third-order valence-electron chi connectivity index (χ3n) is 3.84. The molecule has 3 rings (SSSR count). The summed E-state index contributed by atoms with van der Waals surface area (Å²) in [5.41, 5.74) is 3.65. The van der Waals surface area contributed by atoms with Crippen molar-refractivity contribution < 1.29 is 18.7 Å². The van der Waals surface area contributed by atoms with Crippen molar-refractivity contribution in [3.05, 3.63) is 24.0 Å². The normalized spacial score (nSPS) is 19.4. The molecular formula is C15H18FN5O3S. The third-order valence-corrected chi connectivity index (χ3v) is 4.15. The SMILES string of the molecule is COC(=S)NCC1CN(c2ccc(N3C=NNCC3)c(F)c2)C(=O)O1. The fourth-order valence-electron chi connectivity index (χ4n) is 2.59. The molecule has 0 aromatic heterocycles. The lowest BCUT2D eigenvalue weighted by Crippen LogP contribution is -2.35. The van der Waals surface area contributed by atoms with Crippen molar-refractivity contribution in [1.82, 2.24) is 10.7 Å². The van der Waals surface area contributed by atoms with E-state index in [1.54, 1.807) is 17.0 Å². The molecule has 8 nitrogen and oxygen atoms in total. The Bertz CT molecular complexity index is 702. The summed E-state index contributed by atoms with van der Waals surface area (Å²) in [6.07, 6.45) is 0.612. The third kappa shape index (κ3) is 3.90. The lowest BCUT2D eigenvalue weighted by molar-refractivity contribution is 0.142. The number of anilines is 2. The van der Waals surface area contributed by atoms with Gasteiger partial charge < -0.3 is 25.1 Å². The second-order valence-corrected chi connectivity index (χ2v) is 5.84. The number of hydrogen-bond donors (Lipinski definition) is 2. The Morgan fingerprint density at radius 2 is 2.44 bits per heavy atom. The van der Waals surface area contributed by atoms with Gasteiger partial charge in [-0.05, 0) is 30.4 Å². The van der Waals surface area contributed by atoms with Gasteiger partial charge in [-0.25, -0.2) is 9.18 Å². The Balaban J connectivity index is 1.68. The highest BCUT2D eigenvalue weighted by molar-refractivity contribution is 7.80. The smallest absolute Gasteiger partial charge is 0.414 e. The number of nitrogens with zero attached hydrogens (tertiary/aromatic N) is 3. The zero-order valence-electron chi connectivity index (χ0n) is 13.6. The fraction of sp³-hybridized carbons (Fsp3) is 0.400. The molecule has 0 aliphatic carbocycles. The number of thiocarbonyl (C=S) groups is 1. The van der Waals surface area contributed by atoms with Crippen LogP contribution in [0, 0.1) is 5.82 Å². The van der Waals surface area contributed by atoms with Crippen molar-refractivity contribution in [3.63, 3.8) is 0 Å². The molecule has 1 atom stereocenters. The van der Waals surface area contributed by atoms with E-state index in [0.29, 0.717) is 37.6 Å². The van der Waals surface area contributed by atoms with Crippen LogP contribution in [0.4, 0.5) is 20.6 Å². The maximum Gasteiger partial charge on any atom is 0.414 e. The van der Waals surface area contributed by atoms with Crippen LogP contribution >= 0.6 is 12.2 Å². The molecule has 2 aliphatic rings. The second kappa shape index (κ2) is 7.51. The Hall–Kier alpha value is -2.62. The molecule has 0 radical (unpaired) electrons. The number of halogens is 1. The molecular weight excluding hydrogens is 349 g/mol. The summed E-state index contributed by atoms with van der Waals surface area (Å²) in [4.78, 5) is 15.1. The maximum atomic E-state index is 14.5. The number of nitrogens with one attached hydrogen (secondary N) is 2. The number of ether oxygens (including phenoxy) is 2. The minimum Gasteiger partial charge on any atom is -0.474 e. The molecule has 1 saturated heterocycles. The van der Waals surface area contributed by atoms with Crippen LogP contribution in [0.25, 0.3) is 0 Å². The second-order valence-electron chi connectivity index (χ2n) is 5.47. The van der Waals surface area contributed by atoms with Crippen LogP contribution in [0.2, 0.25) is 0 Å². The van der Waals surface area contributed by atoms with Crippen molar-refractivity contribution >= 4 is 41.2 Å². The number of benzene rings is 1. The van der Waals surface area contributed by atoms with E-state index in [4.69, 9.17) is 21.7 Å². The number of carbonyl (C=O) groups is 1. The summed E-state index contributed by atoms with van der Waals surface area (Å²) in [7, 11) is 1.45. The highest BCUT2D eigenvalue weighted by Crippen LogP contribution is 2.27. The number of hydrazone groups is 1. The predicted octanol–water partition coefficient (Wildman–Crippen LogP) is 1.02. The van der Waals surface area contributed by atoms with Gasteiger partial charge in [0.1, 0.15) is 18.3 Å². The Kier molecular flexibility index (Phi) is 5.17. The molecule has 134 valence electrons. The van der Waals surface area contributed by atoms with E-state index in [9.17, 15) is 9.18 Å². The summed E-state index contributed by atoms with van der Waals surface area (Å²) in [6, 6.07) is 4.63. The van der Waals surface area contributed by atoms with Gasteiger partial charge in [0, 0.05) is 6.54 Å². The fourth-order valence-corrected chi connectivity index (χ4v) is 2.67. The van der Waals surface area contributed by atoms with Crippen molar-refractivity contribution in [2.24, 2.45) is 5.10 Å². The molecule has 1 unspecified atom stereocenters. The van der Waals surface area contributed by atoms with E-state index in [1.807, 2.05) is 0 Å². The van der Waals surface area contributed by atoms with Gasteiger partial charge in [-0.2, -0.15) is 5.10 Å². The number of methoxy groups -OCH3 is 1. The predicted molar refractivity (Wildman–Crippen MR) is 95.5 cm³/mol. The van der Waals surface area contributed by atoms with Crippen LogP contribution in [0.1, 0.15) is 0 Å². The van der Waals surface area contributed by atoms with E-state index < -0.39 is 18.0 Å². The van der Waals surface area contributed by atoms with Crippen LogP contribution in [0.15, 0.2) is 23.3 Å². The minimum atomic E-state index is -0.522. The highest BCUT2D eigenvalue weighted by Gasteiger charge is 2.33. The first kappa shape index (κ1) is 17.2. The van der Waals surface area contributed by atoms with E-state index in [1.165, 1.54) is 24.4 Å². The summed E-state index contributed by atoms with van der Waals surface area (Å²) in [5.74, 6) is -0.430. The zero-order valence-corrected chi connectivity index (χ0v) is 14.4. The first-order valence-electron chi connectivity index (χ1n) is 7.70. The zero-order chi connectivity index (χ0) is 17.8. The van der Waals surface area contributed by atoms with Gasteiger partial charge in [-0.15, -0.1) is 0 Å². The van der Waals surface area contributed by atoms with Crippen LogP contribution in [0.5, 0.6) is 0 Å². The van der Waals surface area contributed by atoms with Crippen molar-refractivity contribution in [2.75, 3.05) is 43.1 Å². The molecule has 2 aliphatic heterocycles. The van der Waals surface area contributed by atoms with Crippen LogP contribution in [0.3, 0.4) is 0 Å². The molecule has 1 aromatic rings. The Morgan fingerprint density at radius 1 is 1.60 bits per heavy atom. The number of rotatable bonds is 4. The number of carbonyl (C=O) groups excluding carboxylic acids is 1. The molecule has 10 heteroatoms. The largest absolute Gasteiger partial charge is 0.474 e. The van der Waals surface area contributed by atoms with Gasteiger partial charge in [-0.1, -0.05) is 0 Å². The Labute approximate surface area is 149 Å². The molecule has 1 fully saturated rings. The molecule has 1 aromatic carbocycles. The summed E-state index contributed by atoms with van der Waals surface area (Å²) in [5, 5.41) is 6.97. The van der Waals surface area contributed by atoms with E-state index in [0.717, 1.165) is 0 Å².